The number of rotatable bonds is 4. The fourth-order valence-electron chi connectivity index (χ4n) is 2.83. The van der Waals surface area contributed by atoms with Crippen molar-refractivity contribution in [1.29, 1.82) is 0 Å². The molecule has 23 heavy (non-hydrogen) atoms. The first-order valence-corrected chi connectivity index (χ1v) is 8.57. The monoisotopic (exact) mass is 325 g/mol. The highest BCUT2D eigenvalue weighted by Crippen LogP contribution is 2.29. The number of hydrogen-bond donors (Lipinski definition) is 0. The van der Waals surface area contributed by atoms with Crippen molar-refractivity contribution in [3.8, 4) is 0 Å². The van der Waals surface area contributed by atoms with Crippen LogP contribution in [0.15, 0.2) is 41.3 Å². The smallest absolute Gasteiger partial charge is 0.231 e. The van der Waals surface area contributed by atoms with Crippen LogP contribution >= 0.6 is 11.8 Å². The first kappa shape index (κ1) is 15.8. The molecule has 1 aliphatic rings. The molecule has 0 bridgehead atoms. The number of nitrogens with zero attached hydrogens (tertiary/aromatic N) is 1. The van der Waals surface area contributed by atoms with Crippen LogP contribution in [0.3, 0.4) is 0 Å². The number of carbonyl (C=O) groups excluding carboxylic acids is 2. The predicted molar refractivity (Wildman–Crippen MR) is 94.5 cm³/mol. The van der Waals surface area contributed by atoms with Gasteiger partial charge in [0.25, 0.3) is 0 Å². The van der Waals surface area contributed by atoms with E-state index in [9.17, 15) is 9.59 Å². The Kier molecular flexibility index (Phi) is 4.26. The number of benzene rings is 2. The predicted octanol–water partition coefficient (Wildman–Crippen LogP) is 3.80. The van der Waals surface area contributed by atoms with Crippen LogP contribution in [-0.2, 0) is 11.2 Å². The summed E-state index contributed by atoms with van der Waals surface area (Å²) in [7, 11) is 1.77. The molecule has 0 radical (unpaired) electrons. The van der Waals surface area contributed by atoms with E-state index >= 15 is 0 Å². The summed E-state index contributed by atoms with van der Waals surface area (Å²) in [5.41, 5.74) is 4.96. The average Bonchev–Trinajstić information content (AvgIpc) is 2.80. The molecule has 3 rings (SSSR count). The molecular weight excluding hydrogens is 306 g/mol. The van der Waals surface area contributed by atoms with Crippen molar-refractivity contribution in [1.82, 2.24) is 0 Å². The Morgan fingerprint density at radius 1 is 1.17 bits per heavy atom. The van der Waals surface area contributed by atoms with Gasteiger partial charge in [-0.15, -0.1) is 11.8 Å². The van der Waals surface area contributed by atoms with E-state index in [0.29, 0.717) is 17.7 Å². The first-order chi connectivity index (χ1) is 11.0. The Bertz CT molecular complexity index is 798. The number of aryl methyl sites for hydroxylation is 2. The third kappa shape index (κ3) is 3.17. The molecule has 0 aromatic heterocycles. The molecule has 1 amide bonds. The van der Waals surface area contributed by atoms with Gasteiger partial charge in [-0.25, -0.2) is 0 Å². The van der Waals surface area contributed by atoms with E-state index in [1.165, 1.54) is 11.1 Å². The van der Waals surface area contributed by atoms with Gasteiger partial charge < -0.3 is 4.90 Å². The maximum absolute atomic E-state index is 12.4. The summed E-state index contributed by atoms with van der Waals surface area (Å²) in [6.07, 6.45) is 0.386. The lowest BCUT2D eigenvalue weighted by molar-refractivity contribution is -0.117. The Hall–Kier alpha value is -2.07. The zero-order chi connectivity index (χ0) is 16.6. The van der Waals surface area contributed by atoms with Crippen LogP contribution in [0.25, 0.3) is 0 Å². The summed E-state index contributed by atoms with van der Waals surface area (Å²) in [5.74, 6) is 0.584. The van der Waals surface area contributed by atoms with Crippen molar-refractivity contribution >= 4 is 29.1 Å². The van der Waals surface area contributed by atoms with Crippen molar-refractivity contribution in [2.45, 2.75) is 25.2 Å². The van der Waals surface area contributed by atoms with E-state index in [1.54, 1.807) is 23.7 Å². The molecule has 0 atom stereocenters. The zero-order valence-electron chi connectivity index (χ0n) is 13.6. The SMILES string of the molecule is Cc1ccc(SCC(=O)c2ccc3c(c2)CC(=O)N3C)c(C)c1. The van der Waals surface area contributed by atoms with Gasteiger partial charge in [0, 0.05) is 23.2 Å². The van der Waals surface area contributed by atoms with Crippen LogP contribution in [0.1, 0.15) is 27.0 Å². The Balaban J connectivity index is 1.72. The van der Waals surface area contributed by atoms with Crippen molar-refractivity contribution in [2.75, 3.05) is 17.7 Å². The summed E-state index contributed by atoms with van der Waals surface area (Å²) < 4.78 is 0. The molecule has 4 heteroatoms. The highest BCUT2D eigenvalue weighted by Gasteiger charge is 2.24. The van der Waals surface area contributed by atoms with Gasteiger partial charge in [-0.3, -0.25) is 9.59 Å². The zero-order valence-corrected chi connectivity index (χ0v) is 14.4. The number of amides is 1. The molecular formula is C19H19NO2S. The van der Waals surface area contributed by atoms with Gasteiger partial charge >= 0.3 is 0 Å². The normalized spacial score (nSPS) is 13.3. The number of carbonyl (C=O) groups is 2. The number of hydrogen-bond acceptors (Lipinski definition) is 3. The summed E-state index contributed by atoms with van der Waals surface area (Å²) in [4.78, 5) is 27.0. The topological polar surface area (TPSA) is 37.4 Å². The van der Waals surface area contributed by atoms with Crippen molar-refractivity contribution < 1.29 is 9.59 Å². The maximum atomic E-state index is 12.4. The molecule has 0 saturated heterocycles. The van der Waals surface area contributed by atoms with Gasteiger partial charge in [0.1, 0.15) is 0 Å². The molecule has 118 valence electrons. The Labute approximate surface area is 140 Å². The molecule has 0 spiro atoms. The summed E-state index contributed by atoms with van der Waals surface area (Å²) in [6, 6.07) is 11.8. The molecule has 0 N–H and O–H groups in total. The average molecular weight is 325 g/mol. The Morgan fingerprint density at radius 3 is 2.70 bits per heavy atom. The van der Waals surface area contributed by atoms with E-state index in [1.807, 2.05) is 18.2 Å². The second-order valence-electron chi connectivity index (χ2n) is 5.95. The number of likely N-dealkylation sites (N-methyl/N-ethyl adjacent to an activating group) is 1. The molecule has 0 fully saturated rings. The number of ketones is 1. The number of fused-ring (bicyclic) bond motifs is 1. The van der Waals surface area contributed by atoms with Crippen molar-refractivity contribution in [3.05, 3.63) is 58.7 Å². The maximum Gasteiger partial charge on any atom is 0.231 e. The lowest BCUT2D eigenvalue weighted by Gasteiger charge is -2.10. The molecule has 0 saturated carbocycles. The summed E-state index contributed by atoms with van der Waals surface area (Å²) in [6.45, 7) is 4.13. The van der Waals surface area contributed by atoms with E-state index in [0.717, 1.165) is 16.1 Å². The van der Waals surface area contributed by atoms with Crippen molar-refractivity contribution in [2.24, 2.45) is 0 Å². The molecule has 0 aliphatic carbocycles. The van der Waals surface area contributed by atoms with Crippen LogP contribution in [0.2, 0.25) is 0 Å². The second-order valence-corrected chi connectivity index (χ2v) is 6.97. The van der Waals surface area contributed by atoms with Crippen LogP contribution in [0, 0.1) is 13.8 Å². The molecule has 2 aromatic rings. The molecule has 1 aliphatic heterocycles. The quantitative estimate of drug-likeness (QED) is 0.634. The van der Waals surface area contributed by atoms with Gasteiger partial charge in [-0.2, -0.15) is 0 Å². The third-order valence-corrected chi connectivity index (χ3v) is 5.34. The second kappa shape index (κ2) is 6.20. The van der Waals surface area contributed by atoms with E-state index in [2.05, 4.69) is 32.0 Å². The lowest BCUT2D eigenvalue weighted by Crippen LogP contribution is -2.20. The van der Waals surface area contributed by atoms with Gasteiger partial charge in [-0.1, -0.05) is 17.7 Å². The number of anilines is 1. The molecule has 1 heterocycles. The van der Waals surface area contributed by atoms with Crippen LogP contribution in [0.4, 0.5) is 5.69 Å². The highest BCUT2D eigenvalue weighted by molar-refractivity contribution is 8.00. The minimum atomic E-state index is 0.0780. The van der Waals surface area contributed by atoms with Crippen LogP contribution < -0.4 is 4.90 Å². The summed E-state index contributed by atoms with van der Waals surface area (Å²) in [5, 5.41) is 0. The van der Waals surface area contributed by atoms with Gasteiger partial charge in [0.05, 0.1) is 12.2 Å². The van der Waals surface area contributed by atoms with E-state index < -0.39 is 0 Å². The minimum Gasteiger partial charge on any atom is -0.315 e. The molecule has 0 unspecified atom stereocenters. The van der Waals surface area contributed by atoms with Gasteiger partial charge in [0.15, 0.2) is 5.78 Å². The fourth-order valence-corrected chi connectivity index (χ4v) is 3.74. The highest BCUT2D eigenvalue weighted by atomic mass is 32.2. The van der Waals surface area contributed by atoms with Crippen molar-refractivity contribution in [3.63, 3.8) is 0 Å². The third-order valence-electron chi connectivity index (χ3n) is 4.17. The first-order valence-electron chi connectivity index (χ1n) is 7.58. The minimum absolute atomic E-state index is 0.0780. The van der Waals surface area contributed by atoms with Crippen LogP contribution in [-0.4, -0.2) is 24.5 Å². The number of Topliss-reactive ketones (excluding diaryl/α,β-unsaturated/α-hetero) is 1. The number of thioether (sulfide) groups is 1. The van der Waals surface area contributed by atoms with E-state index in [4.69, 9.17) is 0 Å². The fraction of sp³-hybridized carbons (Fsp3) is 0.263. The molecule has 3 nitrogen and oxygen atoms in total. The van der Waals surface area contributed by atoms with Gasteiger partial charge in [0.2, 0.25) is 5.91 Å². The lowest BCUT2D eigenvalue weighted by atomic mass is 10.1. The largest absolute Gasteiger partial charge is 0.315 e. The summed E-state index contributed by atoms with van der Waals surface area (Å²) >= 11 is 1.57. The Morgan fingerprint density at radius 2 is 1.96 bits per heavy atom. The molecule has 2 aromatic carbocycles. The van der Waals surface area contributed by atoms with Gasteiger partial charge in [-0.05, 0) is 49.2 Å². The standard InChI is InChI=1S/C19H19NO2S/c1-12-4-7-18(13(2)8-12)23-11-17(21)14-5-6-16-15(9-14)10-19(22)20(16)3/h4-9H,10-11H2,1-3H3. The van der Waals surface area contributed by atoms with E-state index in [-0.39, 0.29) is 11.7 Å². The van der Waals surface area contributed by atoms with Crippen LogP contribution in [0.5, 0.6) is 0 Å².